The van der Waals surface area contributed by atoms with Crippen LogP contribution in [0.15, 0.2) is 69.9 Å². The van der Waals surface area contributed by atoms with Gasteiger partial charge in [-0.2, -0.15) is 0 Å². The number of aliphatic hydroxyl groups excluding tert-OH is 1. The molecular formula is C22H27NO4. The van der Waals surface area contributed by atoms with Crippen LogP contribution in [0.2, 0.25) is 0 Å². The lowest BCUT2D eigenvalue weighted by atomic mass is 10.0. The molecule has 5 heteroatoms. The number of hydrogen-bond donors (Lipinski definition) is 1. The zero-order valence-corrected chi connectivity index (χ0v) is 15.9. The molecule has 0 spiro atoms. The minimum absolute atomic E-state index is 0.230. The Morgan fingerprint density at radius 1 is 0.926 bits per heavy atom. The number of furan rings is 2. The van der Waals surface area contributed by atoms with Crippen LogP contribution in [0.4, 0.5) is 0 Å². The van der Waals surface area contributed by atoms with Crippen molar-refractivity contribution in [2.24, 2.45) is 0 Å². The summed E-state index contributed by atoms with van der Waals surface area (Å²) in [5, 5.41) is 10.5. The maximum atomic E-state index is 10.5. The number of benzene rings is 1. The molecule has 5 nitrogen and oxygen atoms in total. The van der Waals surface area contributed by atoms with E-state index in [1.807, 2.05) is 36.4 Å². The Kier molecular flexibility index (Phi) is 6.74. The predicted octanol–water partition coefficient (Wildman–Crippen LogP) is 4.44. The van der Waals surface area contributed by atoms with E-state index in [4.69, 9.17) is 13.6 Å². The van der Waals surface area contributed by atoms with Crippen LogP contribution in [-0.2, 0) is 13.1 Å². The molecular weight excluding hydrogens is 342 g/mol. The quantitative estimate of drug-likeness (QED) is 0.573. The standard InChI is InChI=1S/C22H27NO4/c1-17(2)18-7-9-20(10-8-18)27-16-19(24)13-23(14-21-5-3-11-25-21)15-22-6-4-12-26-22/h3-12,17,19,24H,13-16H2,1-2H3. The molecule has 27 heavy (non-hydrogen) atoms. The highest BCUT2D eigenvalue weighted by molar-refractivity contribution is 5.28. The van der Waals surface area contributed by atoms with Gasteiger partial charge in [0.05, 0.1) is 25.6 Å². The van der Waals surface area contributed by atoms with Gasteiger partial charge in [-0.3, -0.25) is 4.90 Å². The lowest BCUT2D eigenvalue weighted by molar-refractivity contribution is 0.0580. The van der Waals surface area contributed by atoms with Crippen molar-refractivity contribution in [3.63, 3.8) is 0 Å². The highest BCUT2D eigenvalue weighted by atomic mass is 16.5. The lowest BCUT2D eigenvalue weighted by Crippen LogP contribution is -2.34. The molecule has 0 radical (unpaired) electrons. The van der Waals surface area contributed by atoms with Gasteiger partial charge in [-0.25, -0.2) is 0 Å². The van der Waals surface area contributed by atoms with E-state index in [2.05, 4.69) is 30.9 Å². The van der Waals surface area contributed by atoms with E-state index in [9.17, 15) is 5.11 Å². The Hall–Kier alpha value is -2.50. The van der Waals surface area contributed by atoms with Crippen LogP contribution in [0.5, 0.6) is 5.75 Å². The number of nitrogens with zero attached hydrogens (tertiary/aromatic N) is 1. The lowest BCUT2D eigenvalue weighted by Gasteiger charge is -2.23. The van der Waals surface area contributed by atoms with Gasteiger partial charge in [-0.15, -0.1) is 0 Å². The summed E-state index contributed by atoms with van der Waals surface area (Å²) in [5.74, 6) is 2.95. The van der Waals surface area contributed by atoms with Gasteiger partial charge in [0, 0.05) is 6.54 Å². The molecule has 0 fully saturated rings. The molecule has 2 heterocycles. The van der Waals surface area contributed by atoms with Gasteiger partial charge in [-0.1, -0.05) is 26.0 Å². The first kappa shape index (κ1) is 19.3. The van der Waals surface area contributed by atoms with Gasteiger partial charge in [-0.05, 0) is 47.9 Å². The molecule has 3 aromatic rings. The molecule has 0 aliphatic carbocycles. The highest BCUT2D eigenvalue weighted by Gasteiger charge is 2.16. The Morgan fingerprint density at radius 3 is 2.00 bits per heavy atom. The van der Waals surface area contributed by atoms with Gasteiger partial charge in [0.1, 0.15) is 30.0 Å². The average molecular weight is 369 g/mol. The maximum absolute atomic E-state index is 10.5. The van der Waals surface area contributed by atoms with Crippen molar-refractivity contribution in [1.29, 1.82) is 0 Å². The van der Waals surface area contributed by atoms with Crippen LogP contribution in [0.3, 0.4) is 0 Å². The van der Waals surface area contributed by atoms with Gasteiger partial charge in [0.15, 0.2) is 0 Å². The summed E-state index contributed by atoms with van der Waals surface area (Å²) in [6.45, 7) is 6.18. The average Bonchev–Trinajstić information content (AvgIpc) is 3.34. The highest BCUT2D eigenvalue weighted by Crippen LogP contribution is 2.19. The molecule has 0 bridgehead atoms. The zero-order valence-electron chi connectivity index (χ0n) is 15.9. The molecule has 0 saturated heterocycles. The van der Waals surface area contributed by atoms with E-state index < -0.39 is 6.10 Å². The number of hydrogen-bond acceptors (Lipinski definition) is 5. The molecule has 0 saturated carbocycles. The third-order valence-electron chi connectivity index (χ3n) is 4.38. The molecule has 1 aromatic carbocycles. The first-order valence-corrected chi connectivity index (χ1v) is 9.28. The molecule has 3 rings (SSSR count). The monoisotopic (exact) mass is 369 g/mol. The van der Waals surface area contributed by atoms with E-state index in [0.717, 1.165) is 17.3 Å². The van der Waals surface area contributed by atoms with E-state index in [1.165, 1.54) is 5.56 Å². The zero-order chi connectivity index (χ0) is 19.1. The molecule has 0 amide bonds. The first-order chi connectivity index (χ1) is 13.1. The van der Waals surface area contributed by atoms with Gasteiger partial charge < -0.3 is 18.7 Å². The van der Waals surface area contributed by atoms with Gasteiger partial charge >= 0.3 is 0 Å². The van der Waals surface area contributed by atoms with Crippen molar-refractivity contribution in [3.05, 3.63) is 78.1 Å². The normalized spacial score (nSPS) is 12.6. The van der Waals surface area contributed by atoms with Crippen LogP contribution in [0.25, 0.3) is 0 Å². The van der Waals surface area contributed by atoms with Gasteiger partial charge in [0.2, 0.25) is 0 Å². The number of ether oxygens (including phenoxy) is 1. The second-order valence-electron chi connectivity index (χ2n) is 7.02. The van der Waals surface area contributed by atoms with Crippen LogP contribution in [0, 0.1) is 0 Å². The fourth-order valence-electron chi connectivity index (χ4n) is 2.92. The largest absolute Gasteiger partial charge is 0.491 e. The van der Waals surface area contributed by atoms with E-state index in [0.29, 0.717) is 25.6 Å². The first-order valence-electron chi connectivity index (χ1n) is 9.28. The van der Waals surface area contributed by atoms with Crippen molar-refractivity contribution in [2.75, 3.05) is 13.2 Å². The van der Waals surface area contributed by atoms with Crippen molar-refractivity contribution in [2.45, 2.75) is 39.0 Å². The molecule has 2 aromatic heterocycles. The van der Waals surface area contributed by atoms with Gasteiger partial charge in [0.25, 0.3) is 0 Å². The van der Waals surface area contributed by atoms with Crippen LogP contribution in [0.1, 0.15) is 36.8 Å². The summed E-state index contributed by atoms with van der Waals surface area (Å²) in [6.07, 6.45) is 2.68. The minimum Gasteiger partial charge on any atom is -0.491 e. The Labute approximate surface area is 160 Å². The second-order valence-corrected chi connectivity index (χ2v) is 7.02. The Morgan fingerprint density at radius 2 is 1.52 bits per heavy atom. The van der Waals surface area contributed by atoms with Crippen LogP contribution < -0.4 is 4.74 Å². The molecule has 1 N–H and O–H groups in total. The fraction of sp³-hybridized carbons (Fsp3) is 0.364. The Bertz CT molecular complexity index is 727. The molecule has 0 aliphatic rings. The predicted molar refractivity (Wildman–Crippen MR) is 104 cm³/mol. The smallest absolute Gasteiger partial charge is 0.119 e. The summed E-state index contributed by atoms with van der Waals surface area (Å²) >= 11 is 0. The van der Waals surface area contributed by atoms with Crippen LogP contribution in [-0.4, -0.2) is 29.3 Å². The van der Waals surface area contributed by atoms with Crippen molar-refractivity contribution in [1.82, 2.24) is 4.90 Å². The molecule has 1 atom stereocenters. The SMILES string of the molecule is CC(C)c1ccc(OCC(O)CN(Cc2ccco2)Cc2ccco2)cc1. The molecule has 1 unspecified atom stereocenters. The Balaban J connectivity index is 1.54. The molecule has 0 aliphatic heterocycles. The summed E-state index contributed by atoms with van der Waals surface area (Å²) in [5.41, 5.74) is 1.27. The summed E-state index contributed by atoms with van der Waals surface area (Å²) in [6, 6.07) is 15.6. The van der Waals surface area contributed by atoms with Crippen LogP contribution >= 0.6 is 0 Å². The minimum atomic E-state index is -0.625. The summed E-state index contributed by atoms with van der Waals surface area (Å²) in [7, 11) is 0. The van der Waals surface area contributed by atoms with Crippen molar-refractivity contribution < 1.29 is 18.7 Å². The third kappa shape index (κ3) is 6.01. The van der Waals surface area contributed by atoms with Crippen molar-refractivity contribution in [3.8, 4) is 5.75 Å². The number of rotatable bonds is 10. The topological polar surface area (TPSA) is 59.0 Å². The van der Waals surface area contributed by atoms with E-state index in [-0.39, 0.29) is 6.61 Å². The van der Waals surface area contributed by atoms with Crippen molar-refractivity contribution >= 4 is 0 Å². The second kappa shape index (κ2) is 9.44. The summed E-state index contributed by atoms with van der Waals surface area (Å²) < 4.78 is 16.6. The third-order valence-corrected chi connectivity index (χ3v) is 4.38. The summed E-state index contributed by atoms with van der Waals surface area (Å²) in [4.78, 5) is 2.08. The molecule has 144 valence electrons. The fourth-order valence-corrected chi connectivity index (χ4v) is 2.92. The number of aliphatic hydroxyl groups is 1. The van der Waals surface area contributed by atoms with E-state index in [1.54, 1.807) is 12.5 Å². The maximum Gasteiger partial charge on any atom is 0.119 e. The van der Waals surface area contributed by atoms with E-state index >= 15 is 0 Å².